The Labute approximate surface area is 117 Å². The average Bonchev–Trinajstić information content (AvgIpc) is 2.96. The van der Waals surface area contributed by atoms with Gasteiger partial charge in [0.1, 0.15) is 0 Å². The van der Waals surface area contributed by atoms with Crippen molar-refractivity contribution < 1.29 is 9.90 Å². The maximum absolute atomic E-state index is 11.9. The zero-order valence-electron chi connectivity index (χ0n) is 11.7. The number of carboxylic acid groups (broad SMARTS) is 1. The topological polar surface area (TPSA) is 50.2 Å². The second kappa shape index (κ2) is 3.81. The minimum atomic E-state index is -0.798. The summed E-state index contributed by atoms with van der Waals surface area (Å²) in [5.74, 6) is 0.102. The first-order valence-corrected chi connectivity index (χ1v) is 7.24. The molecule has 20 heavy (non-hydrogen) atoms. The lowest BCUT2D eigenvalue weighted by Crippen LogP contribution is -2.11. The highest BCUT2D eigenvalue weighted by molar-refractivity contribution is 6.06. The Kier molecular flexibility index (Phi) is 2.27. The van der Waals surface area contributed by atoms with Crippen molar-refractivity contribution in [3.8, 4) is 0 Å². The van der Waals surface area contributed by atoms with Crippen LogP contribution in [-0.4, -0.2) is 16.1 Å². The number of hydrogen-bond acceptors (Lipinski definition) is 2. The first kappa shape index (κ1) is 11.9. The van der Waals surface area contributed by atoms with Crippen LogP contribution in [-0.2, 0) is 0 Å². The molecule has 0 spiro atoms. The molecule has 1 fully saturated rings. The molecular weight excluding hydrogens is 250 g/mol. The van der Waals surface area contributed by atoms with Crippen molar-refractivity contribution in [1.29, 1.82) is 0 Å². The minimum Gasteiger partial charge on any atom is -0.478 e. The summed E-state index contributed by atoms with van der Waals surface area (Å²) in [7, 11) is 0. The Morgan fingerprint density at radius 1 is 1.25 bits per heavy atom. The molecule has 1 N–H and O–H groups in total. The summed E-state index contributed by atoms with van der Waals surface area (Å²) in [4.78, 5) is 16.7. The normalized spacial score (nSPS) is 23.3. The number of rotatable bonds is 1. The number of aromatic carboxylic acids is 1. The average molecular weight is 267 g/mol. The second-order valence-corrected chi connectivity index (χ2v) is 6.27. The van der Waals surface area contributed by atoms with Crippen molar-refractivity contribution in [2.24, 2.45) is 0 Å². The van der Waals surface area contributed by atoms with Gasteiger partial charge in [0.15, 0.2) is 0 Å². The van der Waals surface area contributed by atoms with Crippen LogP contribution in [0, 0.1) is 13.8 Å². The van der Waals surface area contributed by atoms with E-state index in [-0.39, 0.29) is 0 Å². The highest BCUT2D eigenvalue weighted by atomic mass is 16.4. The Hall–Kier alpha value is -1.90. The van der Waals surface area contributed by atoms with Gasteiger partial charge in [-0.05, 0) is 61.8 Å². The van der Waals surface area contributed by atoms with Gasteiger partial charge in [0.25, 0.3) is 0 Å². The molecule has 0 amide bonds. The van der Waals surface area contributed by atoms with Crippen molar-refractivity contribution in [1.82, 2.24) is 4.98 Å². The van der Waals surface area contributed by atoms with Gasteiger partial charge >= 0.3 is 5.97 Å². The number of fused-ring (bicyclic) bond motifs is 6. The van der Waals surface area contributed by atoms with Crippen molar-refractivity contribution in [2.45, 2.75) is 44.9 Å². The van der Waals surface area contributed by atoms with Crippen LogP contribution in [0.3, 0.4) is 0 Å². The zero-order valence-corrected chi connectivity index (χ0v) is 11.7. The molecule has 3 nitrogen and oxygen atoms in total. The number of nitrogens with zero attached hydrogens (tertiary/aromatic N) is 1. The van der Waals surface area contributed by atoms with E-state index in [4.69, 9.17) is 4.98 Å². The minimum absolute atomic E-state index is 0.415. The summed E-state index contributed by atoms with van der Waals surface area (Å²) >= 11 is 0. The molecule has 2 aliphatic rings. The van der Waals surface area contributed by atoms with Crippen LogP contribution < -0.4 is 0 Å². The molecule has 1 aromatic heterocycles. The standard InChI is InChI=1S/C17H17NO2/c1-8-5-9(2)13-12(6-8)18-16-11-4-3-10(7-11)14(16)15(13)17(19)20/h5-6,10-11H,3-4,7H2,1-2H3,(H,19,20). The molecule has 1 saturated carbocycles. The van der Waals surface area contributed by atoms with E-state index < -0.39 is 5.97 Å². The van der Waals surface area contributed by atoms with Gasteiger partial charge in [-0.15, -0.1) is 0 Å². The summed E-state index contributed by atoms with van der Waals surface area (Å²) in [6, 6.07) is 4.07. The number of aromatic nitrogens is 1. The Balaban J connectivity index is 2.18. The van der Waals surface area contributed by atoms with Crippen molar-refractivity contribution in [3.05, 3.63) is 40.1 Å². The zero-order chi connectivity index (χ0) is 14.0. The van der Waals surface area contributed by atoms with E-state index in [9.17, 15) is 9.90 Å². The largest absolute Gasteiger partial charge is 0.478 e. The van der Waals surface area contributed by atoms with Gasteiger partial charge in [-0.2, -0.15) is 0 Å². The summed E-state index contributed by atoms with van der Waals surface area (Å²) in [5, 5.41) is 10.6. The molecule has 102 valence electrons. The molecule has 2 unspecified atom stereocenters. The SMILES string of the molecule is Cc1cc(C)c2c(C(=O)O)c3c(nc2c1)C1CCC3C1. The fraction of sp³-hybridized carbons (Fsp3) is 0.412. The van der Waals surface area contributed by atoms with Crippen molar-refractivity contribution >= 4 is 16.9 Å². The number of pyridine rings is 1. The van der Waals surface area contributed by atoms with E-state index in [2.05, 4.69) is 6.07 Å². The lowest BCUT2D eigenvalue weighted by Gasteiger charge is -2.19. The van der Waals surface area contributed by atoms with Gasteiger partial charge in [0.05, 0.1) is 11.1 Å². The number of carboxylic acids is 1. The van der Waals surface area contributed by atoms with Crippen LogP contribution in [0.2, 0.25) is 0 Å². The summed E-state index contributed by atoms with van der Waals surface area (Å²) in [6.45, 7) is 4.02. The summed E-state index contributed by atoms with van der Waals surface area (Å²) < 4.78 is 0. The fourth-order valence-electron chi connectivity index (χ4n) is 4.25. The quantitative estimate of drug-likeness (QED) is 0.852. The molecule has 2 atom stereocenters. The number of carbonyl (C=O) groups is 1. The lowest BCUT2D eigenvalue weighted by molar-refractivity contribution is 0.0697. The van der Waals surface area contributed by atoms with E-state index in [0.29, 0.717) is 17.4 Å². The van der Waals surface area contributed by atoms with Crippen LogP contribution in [0.15, 0.2) is 12.1 Å². The van der Waals surface area contributed by atoms with Crippen LogP contribution in [0.1, 0.15) is 63.8 Å². The van der Waals surface area contributed by atoms with Gasteiger partial charge in [-0.25, -0.2) is 4.79 Å². The first-order valence-electron chi connectivity index (χ1n) is 7.24. The molecule has 2 bridgehead atoms. The third-order valence-electron chi connectivity index (χ3n) is 4.94. The summed E-state index contributed by atoms with van der Waals surface area (Å²) in [5.41, 5.74) is 5.64. The van der Waals surface area contributed by atoms with Crippen LogP contribution >= 0.6 is 0 Å². The van der Waals surface area contributed by atoms with E-state index in [1.807, 2.05) is 19.9 Å². The molecule has 2 aromatic rings. The predicted molar refractivity (Wildman–Crippen MR) is 77.5 cm³/mol. The molecule has 0 radical (unpaired) electrons. The fourth-order valence-corrected chi connectivity index (χ4v) is 4.25. The second-order valence-electron chi connectivity index (χ2n) is 6.27. The molecule has 1 heterocycles. The van der Waals surface area contributed by atoms with E-state index in [1.165, 1.54) is 6.42 Å². The van der Waals surface area contributed by atoms with Crippen LogP contribution in [0.4, 0.5) is 0 Å². The van der Waals surface area contributed by atoms with E-state index >= 15 is 0 Å². The van der Waals surface area contributed by atoms with E-state index in [1.54, 1.807) is 0 Å². The highest BCUT2D eigenvalue weighted by Crippen LogP contribution is 2.54. The van der Waals surface area contributed by atoms with Crippen LogP contribution in [0.5, 0.6) is 0 Å². The first-order chi connectivity index (χ1) is 9.56. The smallest absolute Gasteiger partial charge is 0.336 e. The van der Waals surface area contributed by atoms with Gasteiger partial charge in [-0.3, -0.25) is 4.98 Å². The summed E-state index contributed by atoms with van der Waals surface area (Å²) in [6.07, 6.45) is 3.38. The molecule has 1 aromatic carbocycles. The third kappa shape index (κ3) is 1.41. The third-order valence-corrected chi connectivity index (χ3v) is 4.94. The van der Waals surface area contributed by atoms with Gasteiger partial charge in [0, 0.05) is 17.0 Å². The van der Waals surface area contributed by atoms with Crippen molar-refractivity contribution in [2.75, 3.05) is 0 Å². The molecular formula is C17H17NO2. The predicted octanol–water partition coefficient (Wildman–Crippen LogP) is 3.91. The van der Waals surface area contributed by atoms with E-state index in [0.717, 1.165) is 46.1 Å². The Morgan fingerprint density at radius 2 is 2.00 bits per heavy atom. The molecule has 0 saturated heterocycles. The van der Waals surface area contributed by atoms with Gasteiger partial charge in [-0.1, -0.05) is 6.07 Å². The monoisotopic (exact) mass is 267 g/mol. The maximum atomic E-state index is 11.9. The molecule has 2 aliphatic carbocycles. The van der Waals surface area contributed by atoms with Gasteiger partial charge in [0.2, 0.25) is 0 Å². The van der Waals surface area contributed by atoms with Crippen LogP contribution in [0.25, 0.3) is 10.9 Å². The molecule has 3 heteroatoms. The highest BCUT2D eigenvalue weighted by Gasteiger charge is 2.41. The number of hydrogen-bond donors (Lipinski definition) is 1. The Morgan fingerprint density at radius 3 is 2.75 bits per heavy atom. The lowest BCUT2D eigenvalue weighted by atomic mass is 9.88. The Bertz CT molecular complexity index is 763. The van der Waals surface area contributed by atoms with Crippen molar-refractivity contribution in [3.63, 3.8) is 0 Å². The number of benzene rings is 1. The molecule has 4 rings (SSSR count). The number of aryl methyl sites for hydroxylation is 2. The van der Waals surface area contributed by atoms with Gasteiger partial charge < -0.3 is 5.11 Å². The molecule has 0 aliphatic heterocycles. The maximum Gasteiger partial charge on any atom is 0.336 e.